The molecule has 0 aliphatic heterocycles. The van der Waals surface area contributed by atoms with E-state index in [9.17, 15) is 15.0 Å². The van der Waals surface area contributed by atoms with E-state index in [1.165, 1.54) is 0 Å². The molecule has 0 unspecified atom stereocenters. The molecule has 0 fully saturated rings. The summed E-state index contributed by atoms with van der Waals surface area (Å²) >= 11 is 0. The summed E-state index contributed by atoms with van der Waals surface area (Å²) in [7, 11) is 1.55. The van der Waals surface area contributed by atoms with Gasteiger partial charge in [0, 0.05) is 7.11 Å². The lowest BCUT2D eigenvalue weighted by Gasteiger charge is -2.07. The molecule has 0 aliphatic carbocycles. The summed E-state index contributed by atoms with van der Waals surface area (Å²) in [5.41, 5.74) is -0.0651. The number of carbonyl (C=O) groups excluding carboxylic acids is 1. The molecular formula is C12H16O7. The van der Waals surface area contributed by atoms with E-state index in [0.717, 1.165) is 12.1 Å². The Morgan fingerprint density at radius 1 is 1.05 bits per heavy atom. The zero-order chi connectivity index (χ0) is 14.3. The zero-order valence-electron chi connectivity index (χ0n) is 10.5. The number of phenolic OH excluding ortho intramolecular Hbond substituents is 3. The van der Waals surface area contributed by atoms with Crippen molar-refractivity contribution in [3.05, 3.63) is 17.7 Å². The van der Waals surface area contributed by atoms with Gasteiger partial charge in [-0.25, -0.2) is 4.79 Å². The molecule has 1 rings (SSSR count). The summed E-state index contributed by atoms with van der Waals surface area (Å²) in [6, 6.07) is 2.01. The van der Waals surface area contributed by atoms with Gasteiger partial charge in [0.1, 0.15) is 6.61 Å². The minimum Gasteiger partial charge on any atom is -0.504 e. The largest absolute Gasteiger partial charge is 0.504 e. The number of methoxy groups -OCH3 is 1. The van der Waals surface area contributed by atoms with E-state index in [1.54, 1.807) is 7.11 Å². The van der Waals surface area contributed by atoms with E-state index < -0.39 is 23.2 Å². The molecule has 106 valence electrons. The van der Waals surface area contributed by atoms with Crippen LogP contribution in [0, 0.1) is 0 Å². The van der Waals surface area contributed by atoms with Gasteiger partial charge in [0.25, 0.3) is 0 Å². The van der Waals surface area contributed by atoms with Crippen molar-refractivity contribution < 1.29 is 34.3 Å². The fourth-order valence-electron chi connectivity index (χ4n) is 1.24. The van der Waals surface area contributed by atoms with Crippen LogP contribution >= 0.6 is 0 Å². The number of esters is 1. The van der Waals surface area contributed by atoms with Gasteiger partial charge in [-0.1, -0.05) is 0 Å². The third-order valence-corrected chi connectivity index (χ3v) is 2.20. The van der Waals surface area contributed by atoms with Gasteiger partial charge in [-0.05, 0) is 12.1 Å². The van der Waals surface area contributed by atoms with E-state index in [4.69, 9.17) is 19.3 Å². The van der Waals surface area contributed by atoms with Crippen LogP contribution in [-0.2, 0) is 14.2 Å². The van der Waals surface area contributed by atoms with Gasteiger partial charge in [-0.2, -0.15) is 0 Å². The fraction of sp³-hybridized carbons (Fsp3) is 0.417. The predicted octanol–water partition coefficient (Wildman–Crippen LogP) is 0.623. The molecule has 0 bridgehead atoms. The van der Waals surface area contributed by atoms with E-state index in [0.29, 0.717) is 13.2 Å². The molecule has 0 amide bonds. The number of hydrogen-bond donors (Lipinski definition) is 3. The average Bonchev–Trinajstić information content (AvgIpc) is 2.39. The third-order valence-electron chi connectivity index (χ3n) is 2.20. The zero-order valence-corrected chi connectivity index (χ0v) is 10.5. The quantitative estimate of drug-likeness (QED) is 0.379. The maximum atomic E-state index is 11.5. The highest BCUT2D eigenvalue weighted by atomic mass is 16.6. The third kappa shape index (κ3) is 4.65. The van der Waals surface area contributed by atoms with Gasteiger partial charge < -0.3 is 29.5 Å². The Labute approximate surface area is 110 Å². The van der Waals surface area contributed by atoms with Gasteiger partial charge in [0.05, 0.1) is 25.4 Å². The van der Waals surface area contributed by atoms with E-state index in [2.05, 4.69) is 0 Å². The highest BCUT2D eigenvalue weighted by Gasteiger charge is 2.14. The van der Waals surface area contributed by atoms with E-state index in [-0.39, 0.29) is 18.8 Å². The lowest BCUT2D eigenvalue weighted by atomic mass is 10.2. The van der Waals surface area contributed by atoms with Crippen molar-refractivity contribution in [3.8, 4) is 17.2 Å². The average molecular weight is 272 g/mol. The standard InChI is InChI=1S/C12H16O7/c1-17-2-3-18-4-5-19-12(16)8-6-9(13)11(15)10(14)7-8/h6-7,13-15H,2-5H2,1H3. The van der Waals surface area contributed by atoms with Gasteiger partial charge in [-0.3, -0.25) is 0 Å². The Morgan fingerprint density at radius 2 is 1.63 bits per heavy atom. The van der Waals surface area contributed by atoms with Crippen molar-refractivity contribution in [2.45, 2.75) is 0 Å². The first-order chi connectivity index (χ1) is 9.06. The molecule has 0 atom stereocenters. The van der Waals surface area contributed by atoms with Crippen LogP contribution in [0.4, 0.5) is 0 Å². The number of hydrogen-bond acceptors (Lipinski definition) is 7. The summed E-state index contributed by atoms with van der Waals surface area (Å²) in [6.07, 6.45) is 0. The summed E-state index contributed by atoms with van der Waals surface area (Å²) in [4.78, 5) is 11.5. The Morgan fingerprint density at radius 3 is 2.21 bits per heavy atom. The second-order valence-corrected chi connectivity index (χ2v) is 3.60. The van der Waals surface area contributed by atoms with Crippen LogP contribution in [0.5, 0.6) is 17.2 Å². The molecule has 1 aromatic rings. The maximum absolute atomic E-state index is 11.5. The van der Waals surface area contributed by atoms with Crippen LogP contribution in [0.25, 0.3) is 0 Å². The number of benzene rings is 1. The highest BCUT2D eigenvalue weighted by Crippen LogP contribution is 2.35. The Balaban J connectivity index is 2.42. The highest BCUT2D eigenvalue weighted by molar-refractivity contribution is 5.91. The molecule has 0 aliphatic rings. The molecule has 0 saturated carbocycles. The molecule has 0 heterocycles. The van der Waals surface area contributed by atoms with Crippen LogP contribution in [0.1, 0.15) is 10.4 Å². The molecule has 7 heteroatoms. The summed E-state index contributed by atoms with van der Waals surface area (Å²) < 4.78 is 14.7. The van der Waals surface area contributed by atoms with Crippen LogP contribution in [0.15, 0.2) is 12.1 Å². The molecule has 3 N–H and O–H groups in total. The fourth-order valence-corrected chi connectivity index (χ4v) is 1.24. The number of aromatic hydroxyl groups is 3. The van der Waals surface area contributed by atoms with Crippen LogP contribution in [-0.4, -0.2) is 54.8 Å². The number of ether oxygens (including phenoxy) is 3. The number of carbonyl (C=O) groups is 1. The van der Waals surface area contributed by atoms with E-state index >= 15 is 0 Å². The van der Waals surface area contributed by atoms with Crippen molar-refractivity contribution in [3.63, 3.8) is 0 Å². The molecular weight excluding hydrogens is 256 g/mol. The molecule has 1 aromatic carbocycles. The summed E-state index contributed by atoms with van der Waals surface area (Å²) in [5.74, 6) is -2.60. The second-order valence-electron chi connectivity index (χ2n) is 3.60. The summed E-state index contributed by atoms with van der Waals surface area (Å²) in [6.45, 7) is 1.10. The second kappa shape index (κ2) is 7.45. The number of rotatable bonds is 7. The van der Waals surface area contributed by atoms with Gasteiger partial charge in [-0.15, -0.1) is 0 Å². The monoisotopic (exact) mass is 272 g/mol. The maximum Gasteiger partial charge on any atom is 0.338 e. The van der Waals surface area contributed by atoms with Gasteiger partial charge in [0.2, 0.25) is 0 Å². The van der Waals surface area contributed by atoms with Crippen molar-refractivity contribution in [2.75, 3.05) is 33.5 Å². The van der Waals surface area contributed by atoms with Gasteiger partial charge >= 0.3 is 5.97 Å². The Kier molecular flexibility index (Phi) is 5.91. The Hall–Kier alpha value is -1.99. The molecule has 0 saturated heterocycles. The normalized spacial score (nSPS) is 10.4. The first kappa shape index (κ1) is 15.1. The first-order valence-corrected chi connectivity index (χ1v) is 5.55. The van der Waals surface area contributed by atoms with Gasteiger partial charge in [0.15, 0.2) is 17.2 Å². The molecule has 7 nitrogen and oxygen atoms in total. The first-order valence-electron chi connectivity index (χ1n) is 5.55. The van der Waals surface area contributed by atoms with Crippen LogP contribution in [0.3, 0.4) is 0 Å². The molecule has 0 aromatic heterocycles. The smallest absolute Gasteiger partial charge is 0.338 e. The van der Waals surface area contributed by atoms with E-state index in [1.807, 2.05) is 0 Å². The molecule has 0 radical (unpaired) electrons. The SMILES string of the molecule is COCCOCCOC(=O)c1cc(O)c(O)c(O)c1. The van der Waals surface area contributed by atoms with Crippen molar-refractivity contribution in [1.29, 1.82) is 0 Å². The molecule has 19 heavy (non-hydrogen) atoms. The predicted molar refractivity (Wildman–Crippen MR) is 64.4 cm³/mol. The van der Waals surface area contributed by atoms with Crippen molar-refractivity contribution >= 4 is 5.97 Å². The topological polar surface area (TPSA) is 105 Å². The lowest BCUT2D eigenvalue weighted by Crippen LogP contribution is -2.12. The lowest BCUT2D eigenvalue weighted by molar-refractivity contribution is 0.0213. The molecule has 0 spiro atoms. The van der Waals surface area contributed by atoms with Crippen molar-refractivity contribution in [1.82, 2.24) is 0 Å². The minimum absolute atomic E-state index is 0.0327. The van der Waals surface area contributed by atoms with Crippen molar-refractivity contribution in [2.24, 2.45) is 0 Å². The summed E-state index contributed by atoms with van der Waals surface area (Å²) in [5, 5.41) is 27.6. The van der Waals surface area contributed by atoms with Crippen LogP contribution in [0.2, 0.25) is 0 Å². The Bertz CT molecular complexity index is 407. The number of phenols is 3. The van der Waals surface area contributed by atoms with Crippen LogP contribution < -0.4 is 0 Å². The minimum atomic E-state index is -0.735.